The fourth-order valence-electron chi connectivity index (χ4n) is 2.00. The average molecular weight is 301 g/mol. The smallest absolute Gasteiger partial charge is 0.263 e. The van der Waals surface area contributed by atoms with Crippen LogP contribution in [-0.4, -0.2) is 36.8 Å². The minimum atomic E-state index is -3.62. The molecule has 1 aromatic carbocycles. The molecule has 0 saturated carbocycles. The molecule has 0 aliphatic carbocycles. The topological polar surface area (TPSA) is 92.9 Å². The van der Waals surface area contributed by atoms with Crippen LogP contribution in [0.5, 0.6) is 0 Å². The van der Waals surface area contributed by atoms with Gasteiger partial charge in [0.05, 0.1) is 17.0 Å². The van der Waals surface area contributed by atoms with Gasteiger partial charge in [-0.25, -0.2) is 8.42 Å². The molecule has 0 amide bonds. The molecular formula is C11H12FN3O4S. The van der Waals surface area contributed by atoms with Gasteiger partial charge in [-0.1, -0.05) is 12.1 Å². The normalized spacial score (nSPS) is 24.6. The third-order valence-electron chi connectivity index (χ3n) is 3.16. The SMILES string of the molecule is CN1C=N[C@](C)(c2cccc([N+](=O)[O-])c2F)CS1(=O)=O. The van der Waals surface area contributed by atoms with Crippen molar-refractivity contribution in [2.75, 3.05) is 12.8 Å². The first-order valence-electron chi connectivity index (χ1n) is 5.62. The molecule has 1 aromatic rings. The number of sulfonamides is 1. The van der Waals surface area contributed by atoms with Gasteiger partial charge in [-0.3, -0.25) is 19.4 Å². The predicted molar refractivity (Wildman–Crippen MR) is 70.4 cm³/mol. The number of nitro groups is 1. The zero-order valence-corrected chi connectivity index (χ0v) is 11.6. The van der Waals surface area contributed by atoms with E-state index in [1.54, 1.807) is 0 Å². The maximum absolute atomic E-state index is 14.2. The van der Waals surface area contributed by atoms with Crippen molar-refractivity contribution in [3.8, 4) is 0 Å². The van der Waals surface area contributed by atoms with Crippen LogP contribution in [0.25, 0.3) is 0 Å². The fourth-order valence-corrected chi connectivity index (χ4v) is 3.33. The van der Waals surface area contributed by atoms with Gasteiger partial charge in [-0.15, -0.1) is 0 Å². The van der Waals surface area contributed by atoms with E-state index in [0.717, 1.165) is 16.7 Å². The standard InChI is InChI=1S/C11H12FN3O4S/c1-11(6-20(18,19)14(2)7-13-11)8-4-3-5-9(10(8)12)15(16)17/h3-5,7H,6H2,1-2H3/t11-/m0/s1. The third kappa shape index (κ3) is 2.24. The maximum atomic E-state index is 14.2. The Labute approximate surface area is 114 Å². The molecule has 7 nitrogen and oxygen atoms in total. The molecule has 0 saturated heterocycles. The summed E-state index contributed by atoms with van der Waals surface area (Å²) in [6.45, 7) is 1.43. The minimum absolute atomic E-state index is 0.111. The molecule has 9 heteroatoms. The molecule has 1 aliphatic rings. The van der Waals surface area contributed by atoms with Crippen molar-refractivity contribution in [1.29, 1.82) is 0 Å². The van der Waals surface area contributed by atoms with Crippen LogP contribution in [0.3, 0.4) is 0 Å². The van der Waals surface area contributed by atoms with Gasteiger partial charge >= 0.3 is 5.69 Å². The number of aliphatic imine (C=N–C) groups is 1. The Balaban J connectivity index is 2.60. The van der Waals surface area contributed by atoms with Gasteiger partial charge in [0.25, 0.3) is 0 Å². The number of hydrogen-bond donors (Lipinski definition) is 0. The molecule has 1 atom stereocenters. The maximum Gasteiger partial charge on any atom is 0.305 e. The summed E-state index contributed by atoms with van der Waals surface area (Å²) in [5.74, 6) is -1.51. The van der Waals surface area contributed by atoms with Crippen LogP contribution in [0.15, 0.2) is 23.2 Å². The van der Waals surface area contributed by atoms with Crippen molar-refractivity contribution in [2.24, 2.45) is 4.99 Å². The number of nitro benzene ring substituents is 1. The summed E-state index contributed by atoms with van der Waals surface area (Å²) in [6.07, 6.45) is 1.08. The summed E-state index contributed by atoms with van der Waals surface area (Å²) in [5, 5.41) is 10.7. The van der Waals surface area contributed by atoms with E-state index < -0.39 is 37.7 Å². The van der Waals surface area contributed by atoms with Crippen molar-refractivity contribution >= 4 is 22.0 Å². The van der Waals surface area contributed by atoms with E-state index >= 15 is 0 Å². The highest BCUT2D eigenvalue weighted by Gasteiger charge is 2.40. The molecule has 20 heavy (non-hydrogen) atoms. The van der Waals surface area contributed by atoms with Crippen LogP contribution in [0, 0.1) is 15.9 Å². The molecule has 0 bridgehead atoms. The van der Waals surface area contributed by atoms with Gasteiger partial charge in [0.15, 0.2) is 0 Å². The molecule has 2 rings (SSSR count). The van der Waals surface area contributed by atoms with Crippen molar-refractivity contribution in [1.82, 2.24) is 4.31 Å². The summed E-state index contributed by atoms with van der Waals surface area (Å²) in [5.41, 5.74) is -2.20. The molecule has 0 unspecified atom stereocenters. The van der Waals surface area contributed by atoms with Crippen LogP contribution < -0.4 is 0 Å². The highest BCUT2D eigenvalue weighted by molar-refractivity contribution is 7.89. The third-order valence-corrected chi connectivity index (χ3v) is 5.06. The molecule has 0 fully saturated rings. The first kappa shape index (κ1) is 14.4. The Hall–Kier alpha value is -2.03. The number of halogens is 1. The van der Waals surface area contributed by atoms with E-state index in [0.29, 0.717) is 0 Å². The number of hydrogen-bond acceptors (Lipinski definition) is 5. The molecule has 1 aliphatic heterocycles. The van der Waals surface area contributed by atoms with Gasteiger partial charge in [0.1, 0.15) is 5.54 Å². The lowest BCUT2D eigenvalue weighted by Crippen LogP contribution is -2.43. The molecule has 1 heterocycles. The second kappa shape index (κ2) is 4.51. The highest BCUT2D eigenvalue weighted by Crippen LogP contribution is 2.35. The summed E-state index contributed by atoms with van der Waals surface area (Å²) < 4.78 is 38.9. The van der Waals surface area contributed by atoms with Crippen molar-refractivity contribution in [3.63, 3.8) is 0 Å². The second-order valence-corrected chi connectivity index (χ2v) is 6.72. The summed E-state index contributed by atoms with van der Waals surface area (Å²) in [4.78, 5) is 13.9. The van der Waals surface area contributed by atoms with Crippen LogP contribution >= 0.6 is 0 Å². The van der Waals surface area contributed by atoms with Crippen LogP contribution in [0.1, 0.15) is 12.5 Å². The Morgan fingerprint density at radius 3 is 2.70 bits per heavy atom. The van der Waals surface area contributed by atoms with Crippen LogP contribution in [0.4, 0.5) is 10.1 Å². The van der Waals surface area contributed by atoms with E-state index in [9.17, 15) is 22.9 Å². The van der Waals surface area contributed by atoms with Gasteiger partial charge in [-0.2, -0.15) is 4.39 Å². The monoisotopic (exact) mass is 301 g/mol. The zero-order chi connectivity index (χ0) is 15.1. The number of nitrogens with zero attached hydrogens (tertiary/aromatic N) is 3. The molecule has 0 N–H and O–H groups in total. The van der Waals surface area contributed by atoms with Gasteiger partial charge in [-0.05, 0) is 6.92 Å². The number of rotatable bonds is 2. The lowest BCUT2D eigenvalue weighted by atomic mass is 9.93. The van der Waals surface area contributed by atoms with E-state index in [4.69, 9.17) is 0 Å². The lowest BCUT2D eigenvalue weighted by Gasteiger charge is -2.32. The minimum Gasteiger partial charge on any atom is -0.263 e. The van der Waals surface area contributed by atoms with Gasteiger partial charge in [0.2, 0.25) is 15.8 Å². The summed E-state index contributed by atoms with van der Waals surface area (Å²) in [6, 6.07) is 3.64. The first-order chi connectivity index (χ1) is 9.17. The molecule has 0 aromatic heterocycles. The van der Waals surface area contributed by atoms with Crippen LogP contribution in [0.2, 0.25) is 0 Å². The van der Waals surface area contributed by atoms with E-state index in [1.807, 2.05) is 0 Å². The van der Waals surface area contributed by atoms with Crippen molar-refractivity contribution < 1.29 is 17.7 Å². The quantitative estimate of drug-likeness (QED) is 0.607. The molecule has 0 radical (unpaired) electrons. The van der Waals surface area contributed by atoms with Crippen LogP contribution in [-0.2, 0) is 15.6 Å². The fraction of sp³-hybridized carbons (Fsp3) is 0.364. The first-order valence-corrected chi connectivity index (χ1v) is 7.23. The van der Waals surface area contributed by atoms with Gasteiger partial charge in [0, 0.05) is 18.7 Å². The zero-order valence-electron chi connectivity index (χ0n) is 10.8. The van der Waals surface area contributed by atoms with Crippen molar-refractivity contribution in [3.05, 3.63) is 39.7 Å². The van der Waals surface area contributed by atoms with E-state index in [2.05, 4.69) is 4.99 Å². The van der Waals surface area contributed by atoms with Gasteiger partial charge < -0.3 is 0 Å². The second-order valence-electron chi connectivity index (χ2n) is 4.69. The molecule has 108 valence electrons. The lowest BCUT2D eigenvalue weighted by molar-refractivity contribution is -0.387. The Kier molecular flexibility index (Phi) is 3.24. The Morgan fingerprint density at radius 2 is 2.15 bits per heavy atom. The average Bonchev–Trinajstić information content (AvgIpc) is 2.33. The Morgan fingerprint density at radius 1 is 1.50 bits per heavy atom. The predicted octanol–water partition coefficient (Wildman–Crippen LogP) is 1.25. The molecular weight excluding hydrogens is 289 g/mol. The van der Waals surface area contributed by atoms with E-state index in [1.165, 1.54) is 26.1 Å². The van der Waals surface area contributed by atoms with Crippen molar-refractivity contribution in [2.45, 2.75) is 12.5 Å². The highest BCUT2D eigenvalue weighted by atomic mass is 32.2. The number of benzene rings is 1. The van der Waals surface area contributed by atoms with E-state index in [-0.39, 0.29) is 5.56 Å². The summed E-state index contributed by atoms with van der Waals surface area (Å²) in [7, 11) is -2.30. The largest absolute Gasteiger partial charge is 0.305 e. The molecule has 0 spiro atoms. The summed E-state index contributed by atoms with van der Waals surface area (Å²) >= 11 is 0. The Bertz CT molecular complexity index is 704.